The van der Waals surface area contributed by atoms with Gasteiger partial charge in [0, 0.05) is 22.8 Å². The van der Waals surface area contributed by atoms with E-state index in [1.165, 1.54) is 0 Å². The van der Waals surface area contributed by atoms with E-state index < -0.39 is 5.54 Å². The highest BCUT2D eigenvalue weighted by atomic mass is 16.1. The van der Waals surface area contributed by atoms with Gasteiger partial charge in [0.25, 0.3) is 5.56 Å². The van der Waals surface area contributed by atoms with Crippen LogP contribution in [0.5, 0.6) is 0 Å². The molecule has 1 aromatic heterocycles. The summed E-state index contributed by atoms with van der Waals surface area (Å²) in [6.45, 7) is 11.7. The minimum absolute atomic E-state index is 0.0417. The molecular weight excluding hydrogens is 200 g/mol. The average Bonchev–Trinajstić information content (AvgIpc) is 1.97. The molecule has 0 atom stereocenters. The number of hydrogen-bond donors (Lipinski definition) is 1. The maximum absolute atomic E-state index is 12.4. The summed E-state index contributed by atoms with van der Waals surface area (Å²) < 4.78 is 1.80. The van der Waals surface area contributed by atoms with Crippen LogP contribution in [-0.2, 0) is 5.54 Å². The molecule has 1 heterocycles. The quantitative estimate of drug-likeness (QED) is 0.834. The lowest BCUT2D eigenvalue weighted by molar-refractivity contribution is 0.504. The number of hydrogen-bond acceptors (Lipinski definition) is 2. The number of pyridine rings is 1. The van der Waals surface area contributed by atoms with Gasteiger partial charge in [-0.1, -0.05) is 0 Å². The van der Waals surface area contributed by atoms with E-state index in [0.29, 0.717) is 5.56 Å². The first-order chi connectivity index (χ1) is 7.16. The standard InChI is InChI=1S/C13H22N2O/c1-8(2)15-10(4)7-9(3)11(12(15)16)13(5,6)14/h7-8H,14H2,1-6H3. The van der Waals surface area contributed by atoms with Crippen LogP contribution < -0.4 is 11.3 Å². The smallest absolute Gasteiger partial charge is 0.256 e. The van der Waals surface area contributed by atoms with Crippen LogP contribution in [0.1, 0.15) is 50.6 Å². The molecule has 0 radical (unpaired) electrons. The molecule has 16 heavy (non-hydrogen) atoms. The minimum Gasteiger partial charge on any atom is -0.322 e. The van der Waals surface area contributed by atoms with Crippen molar-refractivity contribution in [3.63, 3.8) is 0 Å². The second-order valence-electron chi connectivity index (χ2n) is 5.33. The molecule has 0 unspecified atom stereocenters. The maximum atomic E-state index is 12.4. The Morgan fingerprint density at radius 1 is 1.31 bits per heavy atom. The van der Waals surface area contributed by atoms with Crippen molar-refractivity contribution in [2.24, 2.45) is 5.73 Å². The molecule has 3 heteroatoms. The summed E-state index contributed by atoms with van der Waals surface area (Å²) in [5.74, 6) is 0. The van der Waals surface area contributed by atoms with E-state index in [9.17, 15) is 4.79 Å². The van der Waals surface area contributed by atoms with E-state index in [0.717, 1.165) is 11.3 Å². The zero-order chi connectivity index (χ0) is 12.7. The molecule has 0 aromatic carbocycles. The van der Waals surface area contributed by atoms with Crippen molar-refractivity contribution in [2.75, 3.05) is 0 Å². The summed E-state index contributed by atoms with van der Waals surface area (Å²) in [5, 5.41) is 0. The molecule has 3 nitrogen and oxygen atoms in total. The zero-order valence-corrected chi connectivity index (χ0v) is 11.1. The maximum Gasteiger partial charge on any atom is 0.256 e. The Kier molecular flexibility index (Phi) is 3.29. The van der Waals surface area contributed by atoms with Crippen molar-refractivity contribution in [1.29, 1.82) is 0 Å². The Bertz CT molecular complexity index is 450. The highest BCUT2D eigenvalue weighted by molar-refractivity contribution is 5.31. The Morgan fingerprint density at radius 2 is 1.81 bits per heavy atom. The predicted molar refractivity (Wildman–Crippen MR) is 67.8 cm³/mol. The molecule has 1 aromatic rings. The Balaban J connectivity index is 3.66. The van der Waals surface area contributed by atoms with Gasteiger partial charge < -0.3 is 10.3 Å². The molecule has 90 valence electrons. The van der Waals surface area contributed by atoms with Crippen molar-refractivity contribution in [1.82, 2.24) is 4.57 Å². The van der Waals surface area contributed by atoms with Gasteiger partial charge in [0.05, 0.1) is 0 Å². The number of nitrogens with zero attached hydrogens (tertiary/aromatic N) is 1. The monoisotopic (exact) mass is 222 g/mol. The highest BCUT2D eigenvalue weighted by Gasteiger charge is 2.23. The Morgan fingerprint density at radius 3 is 2.19 bits per heavy atom. The van der Waals surface area contributed by atoms with Gasteiger partial charge in [-0.25, -0.2) is 0 Å². The number of aromatic nitrogens is 1. The van der Waals surface area contributed by atoms with Crippen LogP contribution in [-0.4, -0.2) is 4.57 Å². The second kappa shape index (κ2) is 4.06. The fraction of sp³-hybridized carbons (Fsp3) is 0.615. The van der Waals surface area contributed by atoms with Crippen LogP contribution >= 0.6 is 0 Å². The largest absolute Gasteiger partial charge is 0.322 e. The summed E-state index contributed by atoms with van der Waals surface area (Å²) in [7, 11) is 0. The van der Waals surface area contributed by atoms with Gasteiger partial charge in [-0.2, -0.15) is 0 Å². The second-order valence-corrected chi connectivity index (χ2v) is 5.33. The van der Waals surface area contributed by atoms with Crippen molar-refractivity contribution >= 4 is 0 Å². The molecule has 0 fully saturated rings. The van der Waals surface area contributed by atoms with Crippen molar-refractivity contribution in [3.05, 3.63) is 33.2 Å². The van der Waals surface area contributed by atoms with Crippen LogP contribution in [0.3, 0.4) is 0 Å². The Labute approximate surface area is 97.3 Å². The molecule has 2 N–H and O–H groups in total. The van der Waals surface area contributed by atoms with Crippen molar-refractivity contribution in [3.8, 4) is 0 Å². The van der Waals surface area contributed by atoms with Crippen molar-refractivity contribution in [2.45, 2.75) is 53.1 Å². The molecule has 0 bridgehead atoms. The van der Waals surface area contributed by atoms with E-state index in [1.54, 1.807) is 4.57 Å². The molecule has 0 saturated heterocycles. The van der Waals surface area contributed by atoms with Crippen LogP contribution in [0.15, 0.2) is 10.9 Å². The van der Waals surface area contributed by atoms with E-state index in [4.69, 9.17) is 5.73 Å². The highest BCUT2D eigenvalue weighted by Crippen LogP contribution is 2.19. The first-order valence-corrected chi connectivity index (χ1v) is 5.68. The first-order valence-electron chi connectivity index (χ1n) is 5.68. The van der Waals surface area contributed by atoms with Gasteiger partial charge in [0.15, 0.2) is 0 Å². The summed E-state index contributed by atoms with van der Waals surface area (Å²) in [4.78, 5) is 12.4. The van der Waals surface area contributed by atoms with E-state index in [1.807, 2.05) is 47.6 Å². The fourth-order valence-corrected chi connectivity index (χ4v) is 2.33. The topological polar surface area (TPSA) is 48.0 Å². The molecule has 0 aliphatic rings. The lowest BCUT2D eigenvalue weighted by atomic mass is 9.92. The minimum atomic E-state index is -0.592. The third kappa shape index (κ3) is 2.19. The SMILES string of the molecule is Cc1cc(C)n(C(C)C)c(=O)c1C(C)(C)N. The third-order valence-corrected chi connectivity index (χ3v) is 2.79. The van der Waals surface area contributed by atoms with Gasteiger partial charge in [-0.3, -0.25) is 4.79 Å². The molecule has 0 spiro atoms. The zero-order valence-electron chi connectivity index (χ0n) is 11.1. The van der Waals surface area contributed by atoms with Crippen LogP contribution in [0.25, 0.3) is 0 Å². The van der Waals surface area contributed by atoms with Crippen LogP contribution in [0.2, 0.25) is 0 Å². The normalized spacial score (nSPS) is 12.2. The fourth-order valence-electron chi connectivity index (χ4n) is 2.33. The molecule has 1 rings (SSSR count). The predicted octanol–water partition coefficient (Wildman–Crippen LogP) is 2.24. The van der Waals surface area contributed by atoms with E-state index >= 15 is 0 Å². The van der Waals surface area contributed by atoms with Gasteiger partial charge >= 0.3 is 0 Å². The summed E-state index contributed by atoms with van der Waals surface area (Å²) in [5.41, 5.74) is 8.20. The third-order valence-electron chi connectivity index (χ3n) is 2.79. The van der Waals surface area contributed by atoms with E-state index in [-0.39, 0.29) is 11.6 Å². The molecule has 0 aliphatic carbocycles. The van der Waals surface area contributed by atoms with Gasteiger partial charge in [0.2, 0.25) is 0 Å². The lowest BCUT2D eigenvalue weighted by Crippen LogP contribution is -2.40. The Hall–Kier alpha value is -1.09. The van der Waals surface area contributed by atoms with Crippen molar-refractivity contribution < 1.29 is 0 Å². The number of rotatable bonds is 2. The number of aryl methyl sites for hydroxylation is 2. The molecule has 0 aliphatic heterocycles. The van der Waals surface area contributed by atoms with Crippen LogP contribution in [0.4, 0.5) is 0 Å². The summed E-state index contributed by atoms with van der Waals surface area (Å²) >= 11 is 0. The number of nitrogens with two attached hydrogens (primary N) is 1. The molecule has 0 saturated carbocycles. The van der Waals surface area contributed by atoms with Crippen LogP contribution in [0, 0.1) is 13.8 Å². The lowest BCUT2D eigenvalue weighted by Gasteiger charge is -2.24. The van der Waals surface area contributed by atoms with Gasteiger partial charge in [-0.05, 0) is 53.2 Å². The van der Waals surface area contributed by atoms with E-state index in [2.05, 4.69) is 0 Å². The molecule has 0 amide bonds. The van der Waals surface area contributed by atoms with Gasteiger partial charge in [-0.15, -0.1) is 0 Å². The average molecular weight is 222 g/mol. The summed E-state index contributed by atoms with van der Waals surface area (Å²) in [6, 6.07) is 2.19. The summed E-state index contributed by atoms with van der Waals surface area (Å²) in [6.07, 6.45) is 0. The first kappa shape index (κ1) is 13.0. The molecular formula is C13H22N2O. The van der Waals surface area contributed by atoms with Gasteiger partial charge in [0.1, 0.15) is 0 Å².